The van der Waals surface area contributed by atoms with Crippen LogP contribution < -0.4 is 5.48 Å². The summed E-state index contributed by atoms with van der Waals surface area (Å²) in [7, 11) is 0. The first kappa shape index (κ1) is 15.1. The second kappa shape index (κ2) is 6.50. The third-order valence-electron chi connectivity index (χ3n) is 4.58. The van der Waals surface area contributed by atoms with Gasteiger partial charge >= 0.3 is 6.03 Å². The normalized spacial score (nSPS) is 29.9. The smallest absolute Gasteiger partial charge is 0.309 e. The van der Waals surface area contributed by atoms with Crippen molar-refractivity contribution in [1.82, 2.24) is 15.4 Å². The predicted octanol–water partition coefficient (Wildman–Crippen LogP) is 1.88. The quantitative estimate of drug-likeness (QED) is 0.776. The van der Waals surface area contributed by atoms with Gasteiger partial charge in [0.05, 0.1) is 12.1 Å². The van der Waals surface area contributed by atoms with E-state index in [2.05, 4.69) is 21.7 Å². The molecule has 0 aromatic carbocycles. The van der Waals surface area contributed by atoms with Crippen LogP contribution in [0.2, 0.25) is 0 Å². The fourth-order valence-electron chi connectivity index (χ4n) is 3.39. The Bertz CT molecular complexity index is 416. The summed E-state index contributed by atoms with van der Waals surface area (Å²) in [5.41, 5.74) is 2.55. The zero-order chi connectivity index (χ0) is 14.8. The molecule has 3 rings (SSSR count). The molecule has 2 unspecified atom stereocenters. The summed E-state index contributed by atoms with van der Waals surface area (Å²) in [4.78, 5) is 31.4. The van der Waals surface area contributed by atoms with Crippen LogP contribution >= 0.6 is 16.3 Å². The molecule has 2 atom stereocenters. The molecule has 0 aromatic rings. The Morgan fingerprint density at radius 1 is 1.19 bits per heavy atom. The maximum Gasteiger partial charge on any atom is 0.345 e. The largest absolute Gasteiger partial charge is 0.345 e. The van der Waals surface area contributed by atoms with Gasteiger partial charge in [-0.3, -0.25) is 9.63 Å². The van der Waals surface area contributed by atoms with Crippen molar-refractivity contribution >= 4 is 28.2 Å². The lowest BCUT2D eigenvalue weighted by Crippen LogP contribution is -2.50. The minimum Gasteiger partial charge on any atom is -0.309 e. The number of hydrogen-bond donors (Lipinski definition) is 1. The van der Waals surface area contributed by atoms with Crippen LogP contribution in [0.25, 0.3) is 0 Å². The van der Waals surface area contributed by atoms with E-state index in [4.69, 9.17) is 8.77 Å². The molecule has 3 amide bonds. The van der Waals surface area contributed by atoms with E-state index < -0.39 is 6.04 Å². The molecule has 2 bridgehead atoms. The van der Waals surface area contributed by atoms with Gasteiger partial charge in [-0.1, -0.05) is 19.3 Å². The standard InChI is InChI=1S/C13H20BrN3O4/c14-21-17-9-6-7-11(16(8-9)13(17)19)12(18)15-20-10-4-2-1-3-5-10/h9-11H,1-8H2,(H,15,18). The molecule has 8 heteroatoms. The number of amides is 3. The Kier molecular flexibility index (Phi) is 4.66. The highest BCUT2D eigenvalue weighted by Crippen LogP contribution is 2.31. The van der Waals surface area contributed by atoms with Crippen molar-refractivity contribution in [2.45, 2.75) is 63.1 Å². The zero-order valence-electron chi connectivity index (χ0n) is 11.8. The number of hydroxylamine groups is 3. The maximum atomic E-state index is 12.3. The molecule has 118 valence electrons. The van der Waals surface area contributed by atoms with Gasteiger partial charge in [-0.05, 0) is 25.7 Å². The number of piperidine rings is 1. The molecule has 0 spiro atoms. The first-order chi connectivity index (χ1) is 10.2. The van der Waals surface area contributed by atoms with Crippen molar-refractivity contribution in [1.29, 1.82) is 0 Å². The zero-order valence-corrected chi connectivity index (χ0v) is 13.4. The molecule has 2 aliphatic heterocycles. The molecule has 1 N–H and O–H groups in total. The average Bonchev–Trinajstić information content (AvgIpc) is 2.77. The van der Waals surface area contributed by atoms with Crippen molar-refractivity contribution in [3.63, 3.8) is 0 Å². The maximum absolute atomic E-state index is 12.3. The number of carbonyl (C=O) groups excluding carboxylic acids is 2. The Morgan fingerprint density at radius 2 is 1.95 bits per heavy atom. The summed E-state index contributed by atoms with van der Waals surface area (Å²) in [6.45, 7) is 0.520. The van der Waals surface area contributed by atoms with Crippen molar-refractivity contribution in [2.75, 3.05) is 6.54 Å². The number of carbonyl (C=O) groups is 2. The minimum absolute atomic E-state index is 0.0141. The molecular formula is C13H20BrN3O4. The van der Waals surface area contributed by atoms with Gasteiger partial charge in [-0.15, -0.1) is 0 Å². The lowest BCUT2D eigenvalue weighted by Gasteiger charge is -2.30. The van der Waals surface area contributed by atoms with Crippen molar-refractivity contribution in [3.8, 4) is 0 Å². The highest BCUT2D eigenvalue weighted by Gasteiger charge is 2.48. The van der Waals surface area contributed by atoms with E-state index in [9.17, 15) is 9.59 Å². The molecule has 1 saturated carbocycles. The van der Waals surface area contributed by atoms with Gasteiger partial charge in [0.1, 0.15) is 22.3 Å². The van der Waals surface area contributed by atoms with E-state index in [0.29, 0.717) is 13.0 Å². The number of rotatable bonds is 4. The fourth-order valence-corrected chi connectivity index (χ4v) is 3.75. The predicted molar refractivity (Wildman–Crippen MR) is 76.9 cm³/mol. The van der Waals surface area contributed by atoms with Gasteiger partial charge in [0.25, 0.3) is 5.91 Å². The summed E-state index contributed by atoms with van der Waals surface area (Å²) in [5.74, 6) is -0.233. The van der Waals surface area contributed by atoms with Crippen LogP contribution in [0.15, 0.2) is 0 Å². The topological polar surface area (TPSA) is 71.1 Å². The Labute approximate surface area is 132 Å². The lowest BCUT2D eigenvalue weighted by molar-refractivity contribution is -0.145. The number of nitrogens with one attached hydrogen (secondary N) is 1. The van der Waals surface area contributed by atoms with E-state index in [1.165, 1.54) is 11.5 Å². The fraction of sp³-hybridized carbons (Fsp3) is 0.846. The van der Waals surface area contributed by atoms with Crippen LogP contribution in [0.1, 0.15) is 44.9 Å². The molecule has 21 heavy (non-hydrogen) atoms. The molecule has 0 radical (unpaired) electrons. The molecule has 2 heterocycles. The molecule has 3 fully saturated rings. The third kappa shape index (κ3) is 3.02. The van der Waals surface area contributed by atoms with Crippen LogP contribution in [0.3, 0.4) is 0 Å². The van der Waals surface area contributed by atoms with Crippen LogP contribution in [0.4, 0.5) is 4.79 Å². The second-order valence-corrected chi connectivity index (χ2v) is 6.21. The van der Waals surface area contributed by atoms with E-state index in [1.54, 1.807) is 4.90 Å². The SMILES string of the molecule is O=C(NOC1CCCCC1)C1CCC2CN1C(=O)N2OBr. The number of urea groups is 1. The number of fused-ring (bicyclic) bond motifs is 2. The van der Waals surface area contributed by atoms with E-state index in [-0.39, 0.29) is 24.1 Å². The highest BCUT2D eigenvalue weighted by atomic mass is 79.9. The molecule has 7 nitrogen and oxygen atoms in total. The van der Waals surface area contributed by atoms with Gasteiger partial charge in [0.15, 0.2) is 0 Å². The Hall–Kier alpha value is -0.860. The first-order valence-electron chi connectivity index (χ1n) is 7.54. The summed E-state index contributed by atoms with van der Waals surface area (Å²) in [5, 5.41) is 1.29. The van der Waals surface area contributed by atoms with Crippen LogP contribution in [-0.4, -0.2) is 46.6 Å². The van der Waals surface area contributed by atoms with Gasteiger partial charge in [0.2, 0.25) is 0 Å². The lowest BCUT2D eigenvalue weighted by atomic mass is 9.98. The van der Waals surface area contributed by atoms with E-state index >= 15 is 0 Å². The van der Waals surface area contributed by atoms with E-state index in [1.807, 2.05) is 0 Å². The minimum atomic E-state index is -0.468. The molecule has 3 aliphatic rings. The third-order valence-corrected chi connectivity index (χ3v) is 4.89. The Balaban J connectivity index is 1.54. The number of nitrogens with zero attached hydrogens (tertiary/aromatic N) is 2. The number of halogens is 1. The summed E-state index contributed by atoms with van der Waals surface area (Å²) in [6, 6.07) is -0.725. The van der Waals surface area contributed by atoms with Gasteiger partial charge < -0.3 is 4.90 Å². The molecule has 1 aliphatic carbocycles. The second-order valence-electron chi connectivity index (χ2n) is 5.92. The summed E-state index contributed by atoms with van der Waals surface area (Å²) in [6.07, 6.45) is 6.99. The Morgan fingerprint density at radius 3 is 2.67 bits per heavy atom. The van der Waals surface area contributed by atoms with Gasteiger partial charge in [-0.25, -0.2) is 10.3 Å². The molecular weight excluding hydrogens is 342 g/mol. The van der Waals surface area contributed by atoms with Crippen LogP contribution in [0, 0.1) is 0 Å². The summed E-state index contributed by atoms with van der Waals surface area (Å²) < 4.78 is 4.91. The number of hydrogen-bond acceptors (Lipinski definition) is 4. The first-order valence-corrected chi connectivity index (χ1v) is 8.19. The molecule has 2 saturated heterocycles. The average molecular weight is 362 g/mol. The van der Waals surface area contributed by atoms with Crippen LogP contribution in [-0.2, 0) is 13.6 Å². The highest BCUT2D eigenvalue weighted by molar-refractivity contribution is 9.05. The van der Waals surface area contributed by atoms with Crippen molar-refractivity contribution in [2.24, 2.45) is 0 Å². The van der Waals surface area contributed by atoms with Gasteiger partial charge in [-0.2, -0.15) is 8.99 Å². The van der Waals surface area contributed by atoms with E-state index in [0.717, 1.165) is 32.1 Å². The van der Waals surface area contributed by atoms with Gasteiger partial charge in [0, 0.05) is 6.54 Å². The van der Waals surface area contributed by atoms with Crippen LogP contribution in [0.5, 0.6) is 0 Å². The monoisotopic (exact) mass is 361 g/mol. The van der Waals surface area contributed by atoms with Crippen molar-refractivity contribution < 1.29 is 18.4 Å². The summed E-state index contributed by atoms with van der Waals surface area (Å²) >= 11 is 2.85. The molecule has 0 aromatic heterocycles. The van der Waals surface area contributed by atoms with Crippen molar-refractivity contribution in [3.05, 3.63) is 0 Å².